The third-order valence-electron chi connectivity index (χ3n) is 3.04. The van der Waals surface area contributed by atoms with Gasteiger partial charge in [-0.2, -0.15) is 0 Å². The van der Waals surface area contributed by atoms with Crippen LogP contribution in [0.4, 0.5) is 0 Å². The molecule has 1 saturated carbocycles. The molecule has 0 heterocycles. The van der Waals surface area contributed by atoms with Crippen LogP contribution in [0.2, 0.25) is 0 Å². The summed E-state index contributed by atoms with van der Waals surface area (Å²) in [5.74, 6) is 0.469. The lowest BCUT2D eigenvalue weighted by Gasteiger charge is -2.30. The number of rotatable bonds is 4. The summed E-state index contributed by atoms with van der Waals surface area (Å²) in [6, 6.07) is -0.0136. The second kappa shape index (κ2) is 5.69. The molecule has 0 aromatic carbocycles. The van der Waals surface area contributed by atoms with E-state index in [4.69, 9.17) is 0 Å². The lowest BCUT2D eigenvalue weighted by Crippen LogP contribution is -2.40. The SMILES string of the molecule is C=NC(=C)C(NC(C)=O)C1CCCCC1. The van der Waals surface area contributed by atoms with Crippen molar-refractivity contribution in [2.45, 2.75) is 45.1 Å². The molecule has 0 spiro atoms. The molecule has 0 saturated heterocycles. The maximum absolute atomic E-state index is 11.1. The van der Waals surface area contributed by atoms with Gasteiger partial charge in [0.2, 0.25) is 5.91 Å². The topological polar surface area (TPSA) is 41.5 Å². The summed E-state index contributed by atoms with van der Waals surface area (Å²) in [6.07, 6.45) is 6.09. The van der Waals surface area contributed by atoms with Gasteiger partial charge in [0.1, 0.15) is 0 Å². The van der Waals surface area contributed by atoms with Crippen LogP contribution in [-0.2, 0) is 4.79 Å². The van der Waals surface area contributed by atoms with Gasteiger partial charge in [-0.25, -0.2) is 0 Å². The molecule has 84 valence electrons. The van der Waals surface area contributed by atoms with E-state index in [1.807, 2.05) is 0 Å². The summed E-state index contributed by atoms with van der Waals surface area (Å²) in [7, 11) is 0. The number of hydrogen-bond donors (Lipinski definition) is 1. The van der Waals surface area contributed by atoms with Crippen LogP contribution in [0.3, 0.4) is 0 Å². The van der Waals surface area contributed by atoms with Crippen LogP contribution >= 0.6 is 0 Å². The molecule has 0 aromatic rings. The summed E-state index contributed by atoms with van der Waals surface area (Å²) in [5.41, 5.74) is 0.692. The first kappa shape index (κ1) is 12.0. The molecule has 1 atom stereocenters. The lowest BCUT2D eigenvalue weighted by molar-refractivity contribution is -0.119. The minimum Gasteiger partial charge on any atom is -0.348 e. The fourth-order valence-electron chi connectivity index (χ4n) is 2.26. The van der Waals surface area contributed by atoms with Crippen LogP contribution < -0.4 is 5.32 Å². The molecule has 1 fully saturated rings. The highest BCUT2D eigenvalue weighted by Gasteiger charge is 2.25. The van der Waals surface area contributed by atoms with E-state index in [1.54, 1.807) is 0 Å². The van der Waals surface area contributed by atoms with Gasteiger partial charge in [-0.05, 0) is 25.5 Å². The molecule has 3 heteroatoms. The van der Waals surface area contributed by atoms with Crippen molar-refractivity contribution in [2.24, 2.45) is 10.9 Å². The quantitative estimate of drug-likeness (QED) is 0.707. The molecular formula is C12H20N2O. The first-order valence-corrected chi connectivity index (χ1v) is 5.57. The van der Waals surface area contributed by atoms with Crippen LogP contribution in [0.1, 0.15) is 39.0 Å². The number of nitrogens with zero attached hydrogens (tertiary/aromatic N) is 1. The highest BCUT2D eigenvalue weighted by atomic mass is 16.1. The molecule has 1 amide bonds. The summed E-state index contributed by atoms with van der Waals surface area (Å²) in [6.45, 7) is 8.87. The van der Waals surface area contributed by atoms with Crippen molar-refractivity contribution in [3.05, 3.63) is 12.3 Å². The van der Waals surface area contributed by atoms with E-state index < -0.39 is 0 Å². The molecular weight excluding hydrogens is 188 g/mol. The van der Waals surface area contributed by atoms with E-state index in [2.05, 4.69) is 23.6 Å². The van der Waals surface area contributed by atoms with Crippen LogP contribution in [0.15, 0.2) is 17.3 Å². The molecule has 1 rings (SSSR count). The monoisotopic (exact) mass is 208 g/mol. The summed E-state index contributed by atoms with van der Waals surface area (Å²) in [4.78, 5) is 15.0. The zero-order chi connectivity index (χ0) is 11.3. The van der Waals surface area contributed by atoms with Crippen LogP contribution in [0.25, 0.3) is 0 Å². The molecule has 0 radical (unpaired) electrons. The Bertz CT molecular complexity index is 254. The standard InChI is InChI=1S/C12H20N2O/c1-9(13-3)12(14-10(2)15)11-7-5-4-6-8-11/h11-12H,1,3-8H2,2H3,(H,14,15). The van der Waals surface area contributed by atoms with E-state index in [9.17, 15) is 4.79 Å². The van der Waals surface area contributed by atoms with E-state index in [0.717, 1.165) is 12.8 Å². The smallest absolute Gasteiger partial charge is 0.217 e. The number of nitrogens with one attached hydrogen (secondary N) is 1. The molecule has 1 N–H and O–H groups in total. The Morgan fingerprint density at radius 3 is 2.47 bits per heavy atom. The second-order valence-corrected chi connectivity index (χ2v) is 4.23. The van der Waals surface area contributed by atoms with Gasteiger partial charge in [0.05, 0.1) is 11.7 Å². The normalized spacial score (nSPS) is 19.3. The average Bonchev–Trinajstić information content (AvgIpc) is 2.26. The van der Waals surface area contributed by atoms with Crippen molar-refractivity contribution < 1.29 is 4.79 Å². The van der Waals surface area contributed by atoms with Crippen LogP contribution in [-0.4, -0.2) is 18.7 Å². The fraction of sp³-hybridized carbons (Fsp3) is 0.667. The van der Waals surface area contributed by atoms with Gasteiger partial charge in [-0.15, -0.1) is 0 Å². The van der Waals surface area contributed by atoms with E-state index in [1.165, 1.54) is 26.2 Å². The Kier molecular flexibility index (Phi) is 4.53. The number of carbonyl (C=O) groups excluding carboxylic acids is 1. The molecule has 1 aliphatic carbocycles. The fourth-order valence-corrected chi connectivity index (χ4v) is 2.26. The molecule has 1 unspecified atom stereocenters. The lowest BCUT2D eigenvalue weighted by atomic mass is 9.83. The Morgan fingerprint density at radius 2 is 2.00 bits per heavy atom. The number of hydrogen-bond acceptors (Lipinski definition) is 2. The summed E-state index contributed by atoms with van der Waals surface area (Å²) in [5, 5.41) is 2.93. The molecule has 1 aliphatic rings. The number of amides is 1. The van der Waals surface area contributed by atoms with Gasteiger partial charge in [0.15, 0.2) is 0 Å². The highest BCUT2D eigenvalue weighted by Crippen LogP contribution is 2.29. The summed E-state index contributed by atoms with van der Waals surface area (Å²) >= 11 is 0. The highest BCUT2D eigenvalue weighted by molar-refractivity contribution is 5.73. The van der Waals surface area contributed by atoms with Gasteiger partial charge in [-0.3, -0.25) is 9.79 Å². The molecule has 0 bridgehead atoms. The minimum atomic E-state index is -0.0182. The average molecular weight is 208 g/mol. The Hall–Kier alpha value is -1.12. The van der Waals surface area contributed by atoms with Gasteiger partial charge >= 0.3 is 0 Å². The van der Waals surface area contributed by atoms with Crippen molar-refractivity contribution in [1.82, 2.24) is 5.32 Å². The minimum absolute atomic E-state index is 0.0136. The molecule has 0 aromatic heterocycles. The summed E-state index contributed by atoms with van der Waals surface area (Å²) < 4.78 is 0. The van der Waals surface area contributed by atoms with E-state index >= 15 is 0 Å². The zero-order valence-electron chi connectivity index (χ0n) is 9.46. The van der Waals surface area contributed by atoms with Crippen molar-refractivity contribution in [2.75, 3.05) is 0 Å². The second-order valence-electron chi connectivity index (χ2n) is 4.23. The molecule has 0 aliphatic heterocycles. The maximum Gasteiger partial charge on any atom is 0.217 e. The third-order valence-corrected chi connectivity index (χ3v) is 3.04. The van der Waals surface area contributed by atoms with Crippen molar-refractivity contribution >= 4 is 12.6 Å². The van der Waals surface area contributed by atoms with Gasteiger partial charge in [0.25, 0.3) is 0 Å². The third kappa shape index (κ3) is 3.50. The van der Waals surface area contributed by atoms with Crippen LogP contribution in [0.5, 0.6) is 0 Å². The van der Waals surface area contributed by atoms with E-state index in [0.29, 0.717) is 11.6 Å². The Labute approximate surface area is 91.7 Å². The van der Waals surface area contributed by atoms with Crippen molar-refractivity contribution in [1.29, 1.82) is 0 Å². The van der Waals surface area contributed by atoms with Gasteiger partial charge in [0, 0.05) is 6.92 Å². The van der Waals surface area contributed by atoms with Crippen LogP contribution in [0, 0.1) is 5.92 Å². The zero-order valence-corrected chi connectivity index (χ0v) is 9.46. The Balaban J connectivity index is 2.64. The first-order valence-electron chi connectivity index (χ1n) is 5.57. The van der Waals surface area contributed by atoms with Crippen molar-refractivity contribution in [3.63, 3.8) is 0 Å². The number of carbonyl (C=O) groups is 1. The predicted octanol–water partition coefficient (Wildman–Crippen LogP) is 2.29. The predicted molar refractivity (Wildman–Crippen MR) is 62.9 cm³/mol. The van der Waals surface area contributed by atoms with Gasteiger partial charge < -0.3 is 5.32 Å². The number of aliphatic imine (C=N–C) groups is 1. The van der Waals surface area contributed by atoms with E-state index in [-0.39, 0.29) is 11.9 Å². The maximum atomic E-state index is 11.1. The largest absolute Gasteiger partial charge is 0.348 e. The molecule has 15 heavy (non-hydrogen) atoms. The first-order chi connectivity index (χ1) is 7.15. The van der Waals surface area contributed by atoms with Crippen molar-refractivity contribution in [3.8, 4) is 0 Å². The Morgan fingerprint density at radius 1 is 1.40 bits per heavy atom. The van der Waals surface area contributed by atoms with Gasteiger partial charge in [-0.1, -0.05) is 25.8 Å². The molecule has 3 nitrogen and oxygen atoms in total.